The van der Waals surface area contributed by atoms with E-state index < -0.39 is 0 Å². The van der Waals surface area contributed by atoms with Crippen molar-refractivity contribution in [3.05, 3.63) is 109 Å². The largest absolute Gasteiger partial charge is 0.368 e. The van der Waals surface area contributed by atoms with Gasteiger partial charge in [-0.3, -0.25) is 4.90 Å². The first kappa shape index (κ1) is 17.0. The number of fused-ring (bicyclic) bond motifs is 4. The standard InChI is InChI=1S/C26H18BN3S/c1-3-9-19(10-4-1)29-21-13-7-14-22-25(21)27(26-23(29)16-18-31-26)28-17-8-15-24(28)30(22)20-11-5-2-6-12-20/h1-18H. The first-order valence-corrected chi connectivity index (χ1v) is 11.4. The van der Waals surface area contributed by atoms with E-state index in [1.54, 1.807) is 0 Å². The molecule has 0 unspecified atom stereocenters. The van der Waals surface area contributed by atoms with Crippen LogP contribution in [0.15, 0.2) is 109 Å². The number of benzene rings is 3. The average molecular weight is 415 g/mol. The van der Waals surface area contributed by atoms with Crippen LogP contribution in [0.5, 0.6) is 0 Å². The number of para-hydroxylation sites is 2. The quantitative estimate of drug-likeness (QED) is 0.332. The SMILES string of the molecule is c1ccc(N2c3ccsc3B3c4c2cccc4N(c2ccccc2)c2cccn23)cc1. The van der Waals surface area contributed by atoms with Crippen LogP contribution in [0.1, 0.15) is 0 Å². The molecule has 0 atom stereocenters. The van der Waals surface area contributed by atoms with E-state index in [0.29, 0.717) is 0 Å². The lowest BCUT2D eigenvalue weighted by Gasteiger charge is -2.42. The molecule has 5 aromatic rings. The fraction of sp³-hybridized carbons (Fsp3) is 0. The van der Waals surface area contributed by atoms with Gasteiger partial charge >= 0.3 is 6.85 Å². The summed E-state index contributed by atoms with van der Waals surface area (Å²) in [5.41, 5.74) is 7.50. The van der Waals surface area contributed by atoms with Crippen molar-refractivity contribution in [3.8, 4) is 0 Å². The highest BCUT2D eigenvalue weighted by atomic mass is 32.1. The molecule has 0 N–H and O–H groups in total. The van der Waals surface area contributed by atoms with Gasteiger partial charge in [0.1, 0.15) is 5.82 Å². The highest BCUT2D eigenvalue weighted by Gasteiger charge is 2.43. The van der Waals surface area contributed by atoms with E-state index in [1.807, 2.05) is 11.3 Å². The summed E-state index contributed by atoms with van der Waals surface area (Å²) < 4.78 is 3.81. The minimum Gasteiger partial charge on any atom is -0.368 e. The van der Waals surface area contributed by atoms with Crippen molar-refractivity contribution in [2.75, 3.05) is 9.80 Å². The molecule has 2 aliphatic heterocycles. The molecule has 0 fully saturated rings. The third-order valence-corrected chi connectivity index (χ3v) is 7.23. The number of aromatic nitrogens is 1. The number of rotatable bonds is 2. The van der Waals surface area contributed by atoms with Gasteiger partial charge in [-0.15, -0.1) is 0 Å². The Morgan fingerprint density at radius 1 is 0.581 bits per heavy atom. The Kier molecular flexibility index (Phi) is 3.52. The zero-order chi connectivity index (χ0) is 20.4. The summed E-state index contributed by atoms with van der Waals surface area (Å²) in [6.45, 7) is 0.186. The highest BCUT2D eigenvalue weighted by Crippen LogP contribution is 2.44. The maximum absolute atomic E-state index is 2.43. The summed E-state index contributed by atoms with van der Waals surface area (Å²) in [7, 11) is 0. The zero-order valence-electron chi connectivity index (χ0n) is 16.7. The van der Waals surface area contributed by atoms with Crippen LogP contribution in [0, 0.1) is 0 Å². The molecule has 2 aliphatic rings. The Hall–Kier alpha value is -3.70. The van der Waals surface area contributed by atoms with Gasteiger partial charge in [0.2, 0.25) is 0 Å². The molecule has 3 aromatic carbocycles. The normalized spacial score (nSPS) is 13.6. The summed E-state index contributed by atoms with van der Waals surface area (Å²) in [5.74, 6) is 1.20. The zero-order valence-corrected chi connectivity index (χ0v) is 17.5. The Balaban J connectivity index is 1.56. The van der Waals surface area contributed by atoms with Crippen LogP contribution in [0.2, 0.25) is 0 Å². The third-order valence-electron chi connectivity index (χ3n) is 6.27. The molecule has 146 valence electrons. The lowest BCUT2D eigenvalue weighted by Crippen LogP contribution is -2.57. The van der Waals surface area contributed by atoms with Crippen LogP contribution in [-0.4, -0.2) is 11.3 Å². The Morgan fingerprint density at radius 2 is 1.26 bits per heavy atom. The van der Waals surface area contributed by atoms with Crippen LogP contribution in [-0.2, 0) is 0 Å². The maximum atomic E-state index is 2.43. The molecular weight excluding hydrogens is 397 g/mol. The molecule has 0 radical (unpaired) electrons. The lowest BCUT2D eigenvalue weighted by molar-refractivity contribution is 1.11. The van der Waals surface area contributed by atoms with Crippen molar-refractivity contribution < 1.29 is 0 Å². The van der Waals surface area contributed by atoms with Crippen molar-refractivity contribution in [1.29, 1.82) is 0 Å². The van der Waals surface area contributed by atoms with Crippen molar-refractivity contribution in [1.82, 2.24) is 4.48 Å². The third kappa shape index (κ3) is 2.29. The number of nitrogens with zero attached hydrogens (tertiary/aromatic N) is 3. The van der Waals surface area contributed by atoms with Crippen LogP contribution in [0.4, 0.5) is 34.3 Å². The predicted molar refractivity (Wildman–Crippen MR) is 132 cm³/mol. The van der Waals surface area contributed by atoms with E-state index >= 15 is 0 Å². The smallest absolute Gasteiger partial charge is 0.345 e. The second-order valence-corrected chi connectivity index (χ2v) is 8.85. The molecule has 31 heavy (non-hydrogen) atoms. The lowest BCUT2D eigenvalue weighted by atomic mass is 9.50. The highest BCUT2D eigenvalue weighted by molar-refractivity contribution is 7.25. The molecule has 0 saturated carbocycles. The summed E-state index contributed by atoms with van der Waals surface area (Å²) >= 11 is 1.85. The van der Waals surface area contributed by atoms with Gasteiger partial charge in [0, 0.05) is 27.5 Å². The minimum absolute atomic E-state index is 0.186. The van der Waals surface area contributed by atoms with Crippen molar-refractivity contribution >= 4 is 62.7 Å². The molecule has 2 aromatic heterocycles. The summed E-state index contributed by atoms with van der Waals surface area (Å²) in [6.07, 6.45) is 2.22. The molecule has 0 aliphatic carbocycles. The van der Waals surface area contributed by atoms with Crippen molar-refractivity contribution in [3.63, 3.8) is 0 Å². The predicted octanol–water partition coefficient (Wildman–Crippen LogP) is 5.77. The summed E-state index contributed by atoms with van der Waals surface area (Å²) in [4.78, 5) is 4.80. The van der Waals surface area contributed by atoms with E-state index in [2.05, 4.69) is 123 Å². The molecule has 0 amide bonds. The Labute approximate surface area is 185 Å². The van der Waals surface area contributed by atoms with Gasteiger partial charge in [0.05, 0.1) is 5.69 Å². The van der Waals surface area contributed by atoms with Gasteiger partial charge in [0.15, 0.2) is 0 Å². The van der Waals surface area contributed by atoms with Gasteiger partial charge in [-0.05, 0) is 71.6 Å². The van der Waals surface area contributed by atoms with Crippen LogP contribution in [0.25, 0.3) is 0 Å². The van der Waals surface area contributed by atoms with Crippen molar-refractivity contribution in [2.24, 2.45) is 0 Å². The van der Waals surface area contributed by atoms with E-state index in [-0.39, 0.29) is 6.85 Å². The first-order valence-electron chi connectivity index (χ1n) is 10.5. The van der Waals surface area contributed by atoms with E-state index in [9.17, 15) is 0 Å². The van der Waals surface area contributed by atoms with Crippen molar-refractivity contribution in [2.45, 2.75) is 0 Å². The number of hydrogen-bond donors (Lipinski definition) is 0. The van der Waals surface area contributed by atoms with Crippen LogP contribution < -0.4 is 20.0 Å². The number of hydrogen-bond acceptors (Lipinski definition) is 3. The van der Waals surface area contributed by atoms with E-state index in [1.165, 1.54) is 44.5 Å². The topological polar surface area (TPSA) is 11.4 Å². The number of anilines is 6. The average Bonchev–Trinajstić information content (AvgIpc) is 3.50. The molecular formula is C26H18BN3S. The van der Waals surface area contributed by atoms with Gasteiger partial charge in [-0.25, -0.2) is 0 Å². The second kappa shape index (κ2) is 6.40. The molecule has 0 bridgehead atoms. The van der Waals surface area contributed by atoms with Gasteiger partial charge in [-0.1, -0.05) is 42.5 Å². The van der Waals surface area contributed by atoms with E-state index in [0.717, 1.165) is 0 Å². The molecule has 0 spiro atoms. The fourth-order valence-corrected chi connectivity index (χ4v) is 6.04. The van der Waals surface area contributed by atoms with E-state index in [4.69, 9.17) is 0 Å². The molecule has 7 rings (SSSR count). The molecule has 4 heterocycles. The number of thiophene rings is 1. The fourth-order valence-electron chi connectivity index (χ4n) is 5.06. The molecule has 5 heteroatoms. The summed E-state index contributed by atoms with van der Waals surface area (Å²) in [6, 6.07) is 34.7. The van der Waals surface area contributed by atoms with Gasteiger partial charge in [-0.2, -0.15) is 11.3 Å². The molecule has 0 saturated heterocycles. The van der Waals surface area contributed by atoms with Crippen LogP contribution in [0.3, 0.4) is 0 Å². The monoisotopic (exact) mass is 415 g/mol. The first-order chi connectivity index (χ1) is 15.4. The minimum atomic E-state index is 0.186. The van der Waals surface area contributed by atoms with Gasteiger partial charge < -0.3 is 9.38 Å². The summed E-state index contributed by atoms with van der Waals surface area (Å²) in [5, 5.41) is 2.22. The second-order valence-electron chi connectivity index (χ2n) is 7.90. The maximum Gasteiger partial charge on any atom is 0.345 e. The van der Waals surface area contributed by atoms with Crippen LogP contribution >= 0.6 is 11.3 Å². The Morgan fingerprint density at radius 3 is 2.00 bits per heavy atom. The molecule has 3 nitrogen and oxygen atoms in total. The Bertz CT molecular complexity index is 1300. The van der Waals surface area contributed by atoms with Gasteiger partial charge in [0.25, 0.3) is 0 Å².